The highest BCUT2D eigenvalue weighted by Crippen LogP contribution is 2.26. The summed E-state index contributed by atoms with van der Waals surface area (Å²) in [5, 5.41) is 10.7. The monoisotopic (exact) mass is 384 g/mol. The van der Waals surface area contributed by atoms with E-state index in [4.69, 9.17) is 4.42 Å². The first-order valence-corrected chi connectivity index (χ1v) is 9.39. The molecule has 8 heteroatoms. The third-order valence-corrected chi connectivity index (χ3v) is 5.06. The molecule has 0 radical (unpaired) electrons. The Labute approximate surface area is 161 Å². The molecule has 1 aromatic carbocycles. The van der Waals surface area contributed by atoms with Gasteiger partial charge in [0.05, 0.1) is 11.5 Å². The number of benzene rings is 1. The van der Waals surface area contributed by atoms with Gasteiger partial charge in [0.25, 0.3) is 0 Å². The Bertz CT molecular complexity index is 917. The number of aromatic nitrogens is 3. The third kappa shape index (κ3) is 4.28. The number of rotatable bonds is 7. The summed E-state index contributed by atoms with van der Waals surface area (Å²) >= 11 is 1.15. The summed E-state index contributed by atoms with van der Waals surface area (Å²) < 4.78 is 6.53. The van der Waals surface area contributed by atoms with Crippen LogP contribution in [0.1, 0.15) is 32.3 Å². The van der Waals surface area contributed by atoms with Crippen LogP contribution in [-0.4, -0.2) is 32.3 Å². The number of carbonyl (C=O) groups excluding carboxylic acids is 2. The fourth-order valence-corrected chi connectivity index (χ4v) is 3.25. The first-order chi connectivity index (χ1) is 13.0. The summed E-state index contributed by atoms with van der Waals surface area (Å²) in [6, 6.07) is 11.1. The highest BCUT2D eigenvalue weighted by atomic mass is 32.2. The summed E-state index contributed by atoms with van der Waals surface area (Å²) in [5.74, 6) is 0.984. The van der Waals surface area contributed by atoms with Crippen molar-refractivity contribution in [2.75, 3.05) is 5.32 Å². The SMILES string of the molecule is CC(Sc1nnc(-c2ccco2)n1C=O)C(=O)Nc1ccc(C(C)C)cc1. The van der Waals surface area contributed by atoms with Crippen LogP contribution in [0.2, 0.25) is 0 Å². The minimum atomic E-state index is -0.470. The van der Waals surface area contributed by atoms with Crippen molar-refractivity contribution in [1.29, 1.82) is 0 Å². The fourth-order valence-electron chi connectivity index (χ4n) is 2.43. The number of anilines is 1. The molecule has 1 N–H and O–H groups in total. The number of hydrogen-bond donors (Lipinski definition) is 1. The smallest absolute Gasteiger partial charge is 0.237 e. The van der Waals surface area contributed by atoms with E-state index < -0.39 is 5.25 Å². The molecule has 0 aliphatic carbocycles. The van der Waals surface area contributed by atoms with Crippen molar-refractivity contribution >= 4 is 29.8 Å². The lowest BCUT2D eigenvalue weighted by Crippen LogP contribution is -2.23. The van der Waals surface area contributed by atoms with E-state index in [0.29, 0.717) is 29.1 Å². The molecular formula is C19H20N4O3S. The van der Waals surface area contributed by atoms with Crippen LogP contribution in [0.25, 0.3) is 11.6 Å². The van der Waals surface area contributed by atoms with Gasteiger partial charge in [-0.1, -0.05) is 37.7 Å². The summed E-state index contributed by atoms with van der Waals surface area (Å²) in [7, 11) is 0. The molecule has 2 aromatic heterocycles. The summed E-state index contributed by atoms with van der Waals surface area (Å²) in [5.41, 5.74) is 1.94. The van der Waals surface area contributed by atoms with E-state index in [1.54, 1.807) is 19.1 Å². The second-order valence-electron chi connectivity index (χ2n) is 6.28. The zero-order valence-electron chi connectivity index (χ0n) is 15.2. The fraction of sp³-hybridized carbons (Fsp3) is 0.263. The molecule has 0 bridgehead atoms. The summed E-state index contributed by atoms with van der Waals surface area (Å²) in [4.78, 5) is 23.9. The van der Waals surface area contributed by atoms with E-state index >= 15 is 0 Å². The molecule has 0 fully saturated rings. The molecule has 0 aliphatic heterocycles. The van der Waals surface area contributed by atoms with Gasteiger partial charge in [-0.15, -0.1) is 10.2 Å². The average Bonchev–Trinajstić information content (AvgIpc) is 3.31. The number of furan rings is 1. The van der Waals surface area contributed by atoms with Crippen LogP contribution in [-0.2, 0) is 9.59 Å². The van der Waals surface area contributed by atoms with Crippen molar-refractivity contribution in [2.45, 2.75) is 37.1 Å². The van der Waals surface area contributed by atoms with Crippen molar-refractivity contribution < 1.29 is 14.0 Å². The summed E-state index contributed by atoms with van der Waals surface area (Å²) in [6.45, 7) is 5.98. The standard InChI is InChI=1S/C19H20N4O3S/c1-12(2)14-6-8-15(9-7-14)20-18(25)13(3)27-19-22-21-17(23(19)11-24)16-5-4-10-26-16/h4-13H,1-3H3,(H,20,25). The highest BCUT2D eigenvalue weighted by Gasteiger charge is 2.21. The van der Waals surface area contributed by atoms with Gasteiger partial charge in [0.1, 0.15) is 0 Å². The molecule has 0 aliphatic rings. The average molecular weight is 384 g/mol. The van der Waals surface area contributed by atoms with Gasteiger partial charge in [-0.3, -0.25) is 9.59 Å². The number of hydrogen-bond acceptors (Lipinski definition) is 6. The first kappa shape index (κ1) is 18.9. The van der Waals surface area contributed by atoms with E-state index in [2.05, 4.69) is 29.4 Å². The predicted octanol–water partition coefficient (Wildman–Crippen LogP) is 3.82. The molecule has 0 saturated carbocycles. The van der Waals surface area contributed by atoms with Gasteiger partial charge in [-0.05, 0) is 42.7 Å². The third-order valence-electron chi connectivity index (χ3n) is 4.01. The minimum absolute atomic E-state index is 0.183. The van der Waals surface area contributed by atoms with Crippen LogP contribution in [0.3, 0.4) is 0 Å². The number of thioether (sulfide) groups is 1. The molecule has 7 nitrogen and oxygen atoms in total. The lowest BCUT2D eigenvalue weighted by Gasteiger charge is -2.12. The van der Waals surface area contributed by atoms with Crippen molar-refractivity contribution in [3.05, 3.63) is 48.2 Å². The maximum Gasteiger partial charge on any atom is 0.237 e. The number of carbonyl (C=O) groups is 2. The Balaban J connectivity index is 1.69. The molecule has 140 valence electrons. The van der Waals surface area contributed by atoms with Gasteiger partial charge in [0.15, 0.2) is 10.9 Å². The largest absolute Gasteiger partial charge is 0.461 e. The van der Waals surface area contributed by atoms with Crippen LogP contribution >= 0.6 is 11.8 Å². The lowest BCUT2D eigenvalue weighted by atomic mass is 10.0. The predicted molar refractivity (Wildman–Crippen MR) is 104 cm³/mol. The van der Waals surface area contributed by atoms with E-state index in [1.165, 1.54) is 16.4 Å². The quantitative estimate of drug-likeness (QED) is 0.492. The van der Waals surface area contributed by atoms with Crippen molar-refractivity contribution in [2.24, 2.45) is 0 Å². The van der Waals surface area contributed by atoms with Crippen LogP contribution in [0, 0.1) is 0 Å². The van der Waals surface area contributed by atoms with Gasteiger partial charge >= 0.3 is 0 Å². The minimum Gasteiger partial charge on any atom is -0.461 e. The molecule has 1 atom stereocenters. The molecule has 0 saturated heterocycles. The topological polar surface area (TPSA) is 90.0 Å². The molecule has 27 heavy (non-hydrogen) atoms. The van der Waals surface area contributed by atoms with Gasteiger partial charge in [0, 0.05) is 5.69 Å². The molecular weight excluding hydrogens is 364 g/mol. The lowest BCUT2D eigenvalue weighted by molar-refractivity contribution is -0.115. The molecule has 3 rings (SSSR count). The molecule has 0 spiro atoms. The Morgan fingerprint density at radius 2 is 1.93 bits per heavy atom. The number of nitrogens with zero attached hydrogens (tertiary/aromatic N) is 3. The molecule has 2 heterocycles. The van der Waals surface area contributed by atoms with Crippen molar-refractivity contribution in [1.82, 2.24) is 14.8 Å². The van der Waals surface area contributed by atoms with Gasteiger partial charge in [-0.25, -0.2) is 4.57 Å². The Morgan fingerprint density at radius 3 is 2.52 bits per heavy atom. The van der Waals surface area contributed by atoms with Gasteiger partial charge < -0.3 is 9.73 Å². The van der Waals surface area contributed by atoms with Crippen LogP contribution in [0.15, 0.2) is 52.2 Å². The number of nitrogens with one attached hydrogen (secondary N) is 1. The Morgan fingerprint density at radius 1 is 1.19 bits per heavy atom. The molecule has 3 aromatic rings. The highest BCUT2D eigenvalue weighted by molar-refractivity contribution is 8.00. The Kier molecular flexibility index (Phi) is 5.75. The van der Waals surface area contributed by atoms with E-state index in [1.807, 2.05) is 24.3 Å². The molecule has 1 amide bonds. The van der Waals surface area contributed by atoms with E-state index in [9.17, 15) is 9.59 Å². The van der Waals surface area contributed by atoms with E-state index in [0.717, 1.165) is 17.4 Å². The van der Waals surface area contributed by atoms with Crippen LogP contribution < -0.4 is 5.32 Å². The first-order valence-electron chi connectivity index (χ1n) is 8.51. The Hall–Kier alpha value is -2.87. The second kappa shape index (κ2) is 8.22. The maximum atomic E-state index is 12.5. The zero-order valence-corrected chi connectivity index (χ0v) is 16.1. The van der Waals surface area contributed by atoms with Crippen molar-refractivity contribution in [3.8, 4) is 11.6 Å². The second-order valence-corrected chi connectivity index (χ2v) is 7.59. The molecule has 1 unspecified atom stereocenters. The van der Waals surface area contributed by atoms with E-state index in [-0.39, 0.29) is 5.91 Å². The van der Waals surface area contributed by atoms with Crippen molar-refractivity contribution in [3.63, 3.8) is 0 Å². The van der Waals surface area contributed by atoms with Gasteiger partial charge in [0.2, 0.25) is 18.1 Å². The van der Waals surface area contributed by atoms with Gasteiger partial charge in [-0.2, -0.15) is 0 Å². The summed E-state index contributed by atoms with van der Waals surface area (Å²) in [6.07, 6.45) is 2.10. The maximum absolute atomic E-state index is 12.5. The van der Waals surface area contributed by atoms with Crippen LogP contribution in [0.5, 0.6) is 0 Å². The number of amides is 1. The van der Waals surface area contributed by atoms with Crippen LogP contribution in [0.4, 0.5) is 5.69 Å². The normalized spacial score (nSPS) is 12.1. The zero-order chi connectivity index (χ0) is 19.4.